The van der Waals surface area contributed by atoms with E-state index in [9.17, 15) is 0 Å². The normalized spacial score (nSPS) is 23.8. The van der Waals surface area contributed by atoms with Crippen molar-refractivity contribution >= 4 is 32.9 Å². The molecule has 6 unspecified atom stereocenters. The maximum Gasteiger partial charge on any atom is 0.246 e. The monoisotopic (exact) mass is 877 g/mol. The predicted molar refractivity (Wildman–Crippen MR) is 289 cm³/mol. The SMILES string of the molecule is C=C/C=C\C=C\B(/C(=C\N/C=C(/CC(C=C)C(C)(C)C)C1=CC=CCC1)C(CC(=C)C(C)(C)C)N/C=C/C1C(C=C)C(C)(C)CCC1(C)C)c1cc2cc3c(cc2s1)C(C)CCC3C. The smallest absolute Gasteiger partial charge is 0.246 e. The summed E-state index contributed by atoms with van der Waals surface area (Å²) in [5.41, 5.74) is 8.70. The van der Waals surface area contributed by atoms with Crippen LogP contribution in [0.5, 0.6) is 0 Å². The van der Waals surface area contributed by atoms with E-state index in [1.54, 1.807) is 0 Å². The first-order valence-corrected chi connectivity index (χ1v) is 25.3. The van der Waals surface area contributed by atoms with Crippen LogP contribution in [0.2, 0.25) is 0 Å². The Kier molecular flexibility index (Phi) is 17.1. The van der Waals surface area contributed by atoms with Gasteiger partial charge in [0.2, 0.25) is 6.71 Å². The highest BCUT2D eigenvalue weighted by atomic mass is 32.1. The Balaban J connectivity index is 1.73. The zero-order valence-corrected chi connectivity index (χ0v) is 43.1. The molecule has 1 heterocycles. The number of benzene rings is 1. The summed E-state index contributed by atoms with van der Waals surface area (Å²) >= 11 is 1.95. The van der Waals surface area contributed by atoms with Crippen molar-refractivity contribution in [2.24, 2.45) is 39.4 Å². The molecular weight excluding hydrogens is 792 g/mol. The quantitative estimate of drug-likeness (QED) is 0.0886. The molecule has 344 valence electrons. The van der Waals surface area contributed by atoms with Crippen LogP contribution in [0.4, 0.5) is 0 Å². The number of hydrogen-bond donors (Lipinski definition) is 2. The lowest BCUT2D eigenvalue weighted by atomic mass is 9.41. The Morgan fingerprint density at radius 2 is 1.55 bits per heavy atom. The second kappa shape index (κ2) is 21.5. The third-order valence-electron chi connectivity index (χ3n) is 15.3. The molecule has 6 atom stereocenters. The zero-order valence-electron chi connectivity index (χ0n) is 42.2. The third-order valence-corrected chi connectivity index (χ3v) is 16.5. The topological polar surface area (TPSA) is 24.1 Å². The summed E-state index contributed by atoms with van der Waals surface area (Å²) in [6.45, 7) is 45.8. The lowest BCUT2D eigenvalue weighted by molar-refractivity contribution is 0.0344. The molecule has 1 saturated carbocycles. The Morgan fingerprint density at radius 1 is 0.875 bits per heavy atom. The molecule has 0 aliphatic heterocycles. The molecule has 0 radical (unpaired) electrons. The Labute approximate surface area is 396 Å². The first-order valence-electron chi connectivity index (χ1n) is 24.5. The minimum Gasteiger partial charge on any atom is -0.385 e. The lowest BCUT2D eigenvalue weighted by Crippen LogP contribution is -2.43. The number of hydrogen-bond acceptors (Lipinski definition) is 3. The van der Waals surface area contributed by atoms with Gasteiger partial charge in [0, 0.05) is 16.9 Å². The fourth-order valence-corrected chi connectivity index (χ4v) is 11.5. The summed E-state index contributed by atoms with van der Waals surface area (Å²) in [6.07, 6.45) is 37.5. The van der Waals surface area contributed by atoms with Gasteiger partial charge in [-0.25, -0.2) is 0 Å². The number of thiophene rings is 1. The van der Waals surface area contributed by atoms with Crippen LogP contribution in [-0.2, 0) is 0 Å². The molecule has 0 amide bonds. The number of allylic oxidation sites excluding steroid dienone is 12. The van der Waals surface area contributed by atoms with Crippen molar-refractivity contribution in [3.8, 4) is 0 Å². The number of rotatable bonds is 18. The Morgan fingerprint density at radius 3 is 2.14 bits per heavy atom. The average molecular weight is 877 g/mol. The van der Waals surface area contributed by atoms with Gasteiger partial charge >= 0.3 is 0 Å². The van der Waals surface area contributed by atoms with E-state index in [-0.39, 0.29) is 34.4 Å². The molecule has 2 nitrogen and oxygen atoms in total. The summed E-state index contributed by atoms with van der Waals surface area (Å²) < 4.78 is 2.72. The number of nitrogens with one attached hydrogen (secondary N) is 2. The van der Waals surface area contributed by atoms with Crippen molar-refractivity contribution in [2.45, 2.75) is 152 Å². The van der Waals surface area contributed by atoms with E-state index in [0.717, 1.165) is 25.7 Å². The second-order valence-corrected chi connectivity index (χ2v) is 24.1. The third kappa shape index (κ3) is 12.7. The minimum absolute atomic E-state index is 0.0138. The molecule has 64 heavy (non-hydrogen) atoms. The molecule has 2 N–H and O–H groups in total. The Hall–Kier alpha value is -4.02. The van der Waals surface area contributed by atoms with Gasteiger partial charge in [0.1, 0.15) is 0 Å². The highest BCUT2D eigenvalue weighted by Crippen LogP contribution is 2.53. The molecule has 3 aliphatic rings. The molecule has 3 aliphatic carbocycles. The summed E-state index contributed by atoms with van der Waals surface area (Å²) in [5.74, 6) is 4.64. The molecule has 0 saturated heterocycles. The van der Waals surface area contributed by atoms with Crippen LogP contribution in [0, 0.1) is 39.4 Å². The van der Waals surface area contributed by atoms with E-state index in [1.165, 1.54) is 73.9 Å². The van der Waals surface area contributed by atoms with E-state index in [4.69, 9.17) is 6.58 Å². The maximum absolute atomic E-state index is 4.76. The van der Waals surface area contributed by atoms with Crippen molar-refractivity contribution in [3.63, 3.8) is 0 Å². The van der Waals surface area contributed by atoms with Gasteiger partial charge < -0.3 is 10.6 Å². The average Bonchev–Trinajstić information content (AvgIpc) is 3.65. The molecule has 1 aromatic carbocycles. The summed E-state index contributed by atoms with van der Waals surface area (Å²) in [4.78, 5) is 0. The zero-order chi connectivity index (χ0) is 47.0. The molecule has 2 aromatic rings. The number of fused-ring (bicyclic) bond motifs is 2. The van der Waals surface area contributed by atoms with Crippen LogP contribution >= 0.6 is 11.3 Å². The highest BCUT2D eigenvalue weighted by Gasteiger charge is 2.45. The highest BCUT2D eigenvalue weighted by molar-refractivity contribution is 7.30. The van der Waals surface area contributed by atoms with Gasteiger partial charge in [0.25, 0.3) is 0 Å². The van der Waals surface area contributed by atoms with E-state index in [1.807, 2.05) is 23.5 Å². The maximum atomic E-state index is 4.76. The molecule has 0 spiro atoms. The first-order chi connectivity index (χ1) is 30.1. The van der Waals surface area contributed by atoms with Crippen molar-refractivity contribution < 1.29 is 0 Å². The molecular formula is C60H85BN2S. The van der Waals surface area contributed by atoms with Crippen molar-refractivity contribution in [2.75, 3.05) is 0 Å². The first kappa shape index (κ1) is 51.0. The fourth-order valence-electron chi connectivity index (χ4n) is 10.3. The molecule has 1 aromatic heterocycles. The molecule has 4 heteroatoms. The van der Waals surface area contributed by atoms with E-state index < -0.39 is 0 Å². The summed E-state index contributed by atoms with van der Waals surface area (Å²) in [5, 5.41) is 9.32. The van der Waals surface area contributed by atoms with Crippen LogP contribution in [0.25, 0.3) is 10.1 Å². The van der Waals surface area contributed by atoms with Crippen LogP contribution in [0.15, 0.2) is 152 Å². The molecule has 1 fully saturated rings. The van der Waals surface area contributed by atoms with Crippen molar-refractivity contribution in [3.05, 3.63) is 163 Å². The van der Waals surface area contributed by atoms with Gasteiger partial charge in [0.05, 0.1) is 0 Å². The molecule has 5 rings (SSSR count). The van der Waals surface area contributed by atoms with Gasteiger partial charge in [0.15, 0.2) is 0 Å². The van der Waals surface area contributed by atoms with Crippen LogP contribution < -0.4 is 15.4 Å². The van der Waals surface area contributed by atoms with Crippen LogP contribution in [0.1, 0.15) is 157 Å². The van der Waals surface area contributed by atoms with Gasteiger partial charge in [-0.15, -0.1) is 30.5 Å². The van der Waals surface area contributed by atoms with E-state index in [2.05, 4.69) is 205 Å². The van der Waals surface area contributed by atoms with Crippen LogP contribution in [0.3, 0.4) is 0 Å². The van der Waals surface area contributed by atoms with Crippen molar-refractivity contribution in [1.82, 2.24) is 10.6 Å². The largest absolute Gasteiger partial charge is 0.385 e. The van der Waals surface area contributed by atoms with Gasteiger partial charge in [-0.3, -0.25) is 0 Å². The standard InChI is InChI=1S/C60H85BN2S/c1-17-20-21-25-33-61(56-38-46-37-49-42(4)28-29-43(5)50(49)39-55(46)64-56)53(41-62-40-47(45-26-23-22-24-27-45)36-48(18-2)58(10,11)12)54(35-44(6)57(7,8)9)63-34-30-52-51(19-3)59(13,14)31-32-60(52,15)16/h17-23,25-26,30,33-34,37-43,48,51-52,54,62-63H,1-3,6,24,27-29,31-32,35-36H2,4-5,7-16H3/b21-20-,33-25+,34-30+,47-40-,53-41-. The minimum atomic E-state index is -0.0612. The van der Waals surface area contributed by atoms with Crippen LogP contribution in [-0.4, -0.2) is 12.8 Å². The Bertz CT molecular complexity index is 2150. The van der Waals surface area contributed by atoms with Crippen molar-refractivity contribution in [1.29, 1.82) is 0 Å². The summed E-state index contributed by atoms with van der Waals surface area (Å²) in [7, 11) is 0. The van der Waals surface area contributed by atoms with E-state index in [0.29, 0.717) is 29.6 Å². The lowest BCUT2D eigenvalue weighted by Gasteiger charge is -2.50. The van der Waals surface area contributed by atoms with Gasteiger partial charge in [-0.1, -0.05) is 168 Å². The second-order valence-electron chi connectivity index (χ2n) is 23.0. The van der Waals surface area contributed by atoms with Gasteiger partial charge in [-0.05, 0) is 166 Å². The predicted octanol–water partition coefficient (Wildman–Crippen LogP) is 16.6. The summed E-state index contributed by atoms with van der Waals surface area (Å²) in [6, 6.07) is 7.48. The van der Waals surface area contributed by atoms with Gasteiger partial charge in [-0.2, -0.15) is 0 Å². The van der Waals surface area contributed by atoms with E-state index >= 15 is 0 Å². The fraction of sp³-hybridized carbons (Fsp3) is 0.500. The molecule has 0 bridgehead atoms.